The Morgan fingerprint density at radius 1 is 1.19 bits per heavy atom. The first kappa shape index (κ1) is 11.3. The van der Waals surface area contributed by atoms with Gasteiger partial charge in [0.2, 0.25) is 0 Å². The highest BCUT2D eigenvalue weighted by Gasteiger charge is 2.09. The number of pyridine rings is 1. The van der Waals surface area contributed by atoms with Crippen LogP contribution >= 0.6 is 23.2 Å². The van der Waals surface area contributed by atoms with Gasteiger partial charge in [0.1, 0.15) is 16.0 Å². The smallest absolute Gasteiger partial charge is 0.181 e. The molecule has 2 aromatic heterocycles. The lowest BCUT2D eigenvalue weighted by molar-refractivity contribution is 1.07. The van der Waals surface area contributed by atoms with Crippen LogP contribution < -0.4 is 0 Å². The average Bonchev–Trinajstić information content (AvgIpc) is 2.27. The highest BCUT2D eigenvalue weighted by Crippen LogP contribution is 2.21. The monoisotopic (exact) mass is 253 g/mol. The molecule has 0 aliphatic rings. The predicted octanol–water partition coefficient (Wildman–Crippen LogP) is 3.41. The summed E-state index contributed by atoms with van der Waals surface area (Å²) in [5.74, 6) is 0.468. The molecule has 0 fully saturated rings. The van der Waals surface area contributed by atoms with Crippen molar-refractivity contribution in [3.05, 3.63) is 40.3 Å². The lowest BCUT2D eigenvalue weighted by Crippen LogP contribution is -1.96. The average molecular weight is 254 g/mol. The molecule has 82 valence electrons. The molecule has 0 amide bonds. The van der Waals surface area contributed by atoms with Crippen molar-refractivity contribution < 1.29 is 0 Å². The van der Waals surface area contributed by atoms with E-state index in [1.165, 1.54) is 6.07 Å². The van der Waals surface area contributed by atoms with E-state index in [1.54, 1.807) is 6.20 Å². The van der Waals surface area contributed by atoms with E-state index < -0.39 is 0 Å². The molecule has 5 heteroatoms. The molecular formula is C11H9Cl2N3. The van der Waals surface area contributed by atoms with Crippen molar-refractivity contribution in [2.45, 2.75) is 13.3 Å². The van der Waals surface area contributed by atoms with Gasteiger partial charge in [0.15, 0.2) is 5.82 Å². The predicted molar refractivity (Wildman–Crippen MR) is 64.7 cm³/mol. The van der Waals surface area contributed by atoms with Gasteiger partial charge in [-0.1, -0.05) is 36.2 Å². The van der Waals surface area contributed by atoms with Gasteiger partial charge in [-0.2, -0.15) is 0 Å². The Balaban J connectivity index is 2.58. The van der Waals surface area contributed by atoms with Crippen LogP contribution in [0, 0.1) is 0 Å². The van der Waals surface area contributed by atoms with Crippen LogP contribution in [-0.2, 0) is 6.42 Å². The Morgan fingerprint density at radius 2 is 1.88 bits per heavy atom. The standard InChI is InChI=1S/C11H9Cl2N3/c1-2-7-4-3-5-14-10(7)11-15-8(12)6-9(13)16-11/h3-6H,2H2,1H3. The highest BCUT2D eigenvalue weighted by atomic mass is 35.5. The Kier molecular flexibility index (Phi) is 3.36. The van der Waals surface area contributed by atoms with Crippen LogP contribution in [0.2, 0.25) is 10.3 Å². The molecule has 0 saturated heterocycles. The van der Waals surface area contributed by atoms with E-state index in [0.29, 0.717) is 16.1 Å². The molecule has 3 nitrogen and oxygen atoms in total. The van der Waals surface area contributed by atoms with E-state index in [4.69, 9.17) is 23.2 Å². The van der Waals surface area contributed by atoms with Gasteiger partial charge in [-0.25, -0.2) is 9.97 Å². The molecule has 2 rings (SSSR count). The molecule has 0 bridgehead atoms. The molecule has 0 aromatic carbocycles. The SMILES string of the molecule is CCc1cccnc1-c1nc(Cl)cc(Cl)n1. The summed E-state index contributed by atoms with van der Waals surface area (Å²) in [6.45, 7) is 2.05. The second-order valence-electron chi connectivity index (χ2n) is 3.20. The largest absolute Gasteiger partial charge is 0.253 e. The number of aryl methyl sites for hydroxylation is 1. The minimum absolute atomic E-state index is 0.322. The van der Waals surface area contributed by atoms with Crippen molar-refractivity contribution in [2.75, 3.05) is 0 Å². The van der Waals surface area contributed by atoms with Gasteiger partial charge < -0.3 is 0 Å². The fraction of sp³-hybridized carbons (Fsp3) is 0.182. The highest BCUT2D eigenvalue weighted by molar-refractivity contribution is 6.33. The van der Waals surface area contributed by atoms with Crippen LogP contribution in [0.4, 0.5) is 0 Å². The zero-order valence-corrected chi connectivity index (χ0v) is 10.1. The summed E-state index contributed by atoms with van der Waals surface area (Å²) in [6.07, 6.45) is 2.56. The summed E-state index contributed by atoms with van der Waals surface area (Å²) in [4.78, 5) is 12.5. The molecule has 2 heterocycles. The van der Waals surface area contributed by atoms with Gasteiger partial charge in [0.05, 0.1) is 0 Å². The number of nitrogens with zero attached hydrogens (tertiary/aromatic N) is 3. The topological polar surface area (TPSA) is 38.7 Å². The minimum Gasteiger partial charge on any atom is -0.253 e. The Hall–Kier alpha value is -1.19. The van der Waals surface area contributed by atoms with Crippen LogP contribution in [0.1, 0.15) is 12.5 Å². The van der Waals surface area contributed by atoms with Gasteiger partial charge in [-0.15, -0.1) is 0 Å². The zero-order chi connectivity index (χ0) is 11.5. The lowest BCUT2D eigenvalue weighted by Gasteiger charge is -2.05. The summed E-state index contributed by atoms with van der Waals surface area (Å²) >= 11 is 11.7. The molecule has 0 aliphatic heterocycles. The van der Waals surface area contributed by atoms with Crippen molar-refractivity contribution in [1.82, 2.24) is 15.0 Å². The van der Waals surface area contributed by atoms with Gasteiger partial charge in [-0.05, 0) is 18.1 Å². The van der Waals surface area contributed by atoms with Crippen LogP contribution in [0.15, 0.2) is 24.4 Å². The fourth-order valence-electron chi connectivity index (χ4n) is 1.42. The van der Waals surface area contributed by atoms with Gasteiger partial charge >= 0.3 is 0 Å². The number of halogens is 2. The summed E-state index contributed by atoms with van der Waals surface area (Å²) in [5.41, 5.74) is 1.80. The normalized spacial score (nSPS) is 10.4. The molecular weight excluding hydrogens is 245 g/mol. The van der Waals surface area contributed by atoms with Gasteiger partial charge in [0, 0.05) is 12.3 Å². The molecule has 0 radical (unpaired) electrons. The van der Waals surface area contributed by atoms with Crippen LogP contribution in [-0.4, -0.2) is 15.0 Å². The number of aromatic nitrogens is 3. The Morgan fingerprint density at radius 3 is 2.50 bits per heavy atom. The first-order chi connectivity index (χ1) is 7.70. The molecule has 0 atom stereocenters. The van der Waals surface area contributed by atoms with Gasteiger partial charge in [0.25, 0.3) is 0 Å². The minimum atomic E-state index is 0.322. The Bertz CT molecular complexity index is 494. The maximum Gasteiger partial charge on any atom is 0.181 e. The third-order valence-corrected chi connectivity index (χ3v) is 2.53. The van der Waals surface area contributed by atoms with Crippen LogP contribution in [0.5, 0.6) is 0 Å². The number of rotatable bonds is 2. The second kappa shape index (κ2) is 4.76. The lowest BCUT2D eigenvalue weighted by atomic mass is 10.1. The third kappa shape index (κ3) is 2.31. The first-order valence-electron chi connectivity index (χ1n) is 4.85. The quantitative estimate of drug-likeness (QED) is 0.771. The van der Waals surface area contributed by atoms with E-state index in [2.05, 4.69) is 15.0 Å². The summed E-state index contributed by atoms with van der Waals surface area (Å²) in [5, 5.41) is 0.644. The molecule has 0 spiro atoms. The summed E-state index contributed by atoms with van der Waals surface area (Å²) in [6, 6.07) is 5.37. The van der Waals surface area contributed by atoms with E-state index in [0.717, 1.165) is 17.7 Å². The van der Waals surface area contributed by atoms with E-state index >= 15 is 0 Å². The van der Waals surface area contributed by atoms with Gasteiger partial charge in [-0.3, -0.25) is 4.98 Å². The summed E-state index contributed by atoms with van der Waals surface area (Å²) in [7, 11) is 0. The van der Waals surface area contributed by atoms with Crippen LogP contribution in [0.3, 0.4) is 0 Å². The molecule has 2 aromatic rings. The van der Waals surface area contributed by atoms with E-state index in [-0.39, 0.29) is 0 Å². The third-order valence-electron chi connectivity index (χ3n) is 2.15. The van der Waals surface area contributed by atoms with Crippen molar-refractivity contribution in [3.63, 3.8) is 0 Å². The molecule has 0 N–H and O–H groups in total. The van der Waals surface area contributed by atoms with E-state index in [9.17, 15) is 0 Å². The summed E-state index contributed by atoms with van der Waals surface area (Å²) < 4.78 is 0. The number of hydrogen-bond donors (Lipinski definition) is 0. The Labute approximate surface area is 103 Å². The zero-order valence-electron chi connectivity index (χ0n) is 8.61. The van der Waals surface area contributed by atoms with Crippen molar-refractivity contribution in [3.8, 4) is 11.5 Å². The molecule has 0 unspecified atom stereocenters. The van der Waals surface area contributed by atoms with Crippen molar-refractivity contribution >= 4 is 23.2 Å². The number of hydrogen-bond acceptors (Lipinski definition) is 3. The first-order valence-corrected chi connectivity index (χ1v) is 5.60. The molecule has 0 aliphatic carbocycles. The van der Waals surface area contributed by atoms with Crippen molar-refractivity contribution in [1.29, 1.82) is 0 Å². The second-order valence-corrected chi connectivity index (χ2v) is 3.98. The maximum atomic E-state index is 5.83. The molecule has 0 saturated carbocycles. The van der Waals surface area contributed by atoms with E-state index in [1.807, 2.05) is 19.1 Å². The van der Waals surface area contributed by atoms with Crippen LogP contribution in [0.25, 0.3) is 11.5 Å². The fourth-order valence-corrected chi connectivity index (χ4v) is 1.84. The maximum absolute atomic E-state index is 5.83. The molecule has 16 heavy (non-hydrogen) atoms. The van der Waals surface area contributed by atoms with Crippen molar-refractivity contribution in [2.24, 2.45) is 0 Å².